The first-order valence-electron chi connectivity index (χ1n) is 5.48. The normalized spacial score (nSPS) is 10.2. The van der Waals surface area contributed by atoms with Gasteiger partial charge in [-0.15, -0.1) is 12.6 Å². The highest BCUT2D eigenvalue weighted by molar-refractivity contribution is 7.83. The molecule has 6 nitrogen and oxygen atoms in total. The Labute approximate surface area is 117 Å². The zero-order valence-corrected chi connectivity index (χ0v) is 12.7. The van der Waals surface area contributed by atoms with E-state index in [2.05, 4.69) is 38.6 Å². The van der Waals surface area contributed by atoms with Gasteiger partial charge >= 0.3 is 6.03 Å². The summed E-state index contributed by atoms with van der Waals surface area (Å²) in [5, 5.41) is 8.61. The van der Waals surface area contributed by atoms with E-state index in [1.54, 1.807) is 20.3 Å². The molecule has 8 heteroatoms. The Morgan fingerprint density at radius 2 is 2.22 bits per heavy atom. The molecule has 0 saturated heterocycles. The van der Waals surface area contributed by atoms with Crippen molar-refractivity contribution in [2.75, 3.05) is 26.0 Å². The van der Waals surface area contributed by atoms with E-state index in [1.165, 1.54) is 11.3 Å². The number of amides is 2. The van der Waals surface area contributed by atoms with Crippen LogP contribution in [0.3, 0.4) is 0 Å². The number of amidine groups is 1. The molecular weight excluding hydrogens is 270 g/mol. The fraction of sp³-hybridized carbons (Fsp3) is 0.500. The third-order valence-electron chi connectivity index (χ3n) is 1.69. The molecule has 3 N–H and O–H groups in total. The molecule has 1 aromatic heterocycles. The van der Waals surface area contributed by atoms with Crippen LogP contribution >= 0.6 is 24.0 Å². The van der Waals surface area contributed by atoms with Crippen molar-refractivity contribution in [2.24, 2.45) is 4.99 Å². The number of aromatic nitrogens is 1. The van der Waals surface area contributed by atoms with Crippen LogP contribution in [-0.2, 0) is 0 Å². The number of carbonyl (C=O) groups is 1. The number of hydrogen-bond donors (Lipinski definition) is 4. The van der Waals surface area contributed by atoms with E-state index in [0.717, 1.165) is 4.21 Å². The monoisotopic (exact) mass is 289 g/mol. The summed E-state index contributed by atoms with van der Waals surface area (Å²) in [5.74, 6) is 0.698. The average Bonchev–Trinajstić information content (AvgIpc) is 2.78. The van der Waals surface area contributed by atoms with Crippen LogP contribution in [0.1, 0.15) is 13.8 Å². The van der Waals surface area contributed by atoms with E-state index >= 15 is 0 Å². The smallest absolute Gasteiger partial charge is 0.321 e. The van der Waals surface area contributed by atoms with Crippen molar-refractivity contribution in [1.82, 2.24) is 15.6 Å². The average molecular weight is 289 g/mol. The molecule has 0 radical (unpaired) electrons. The van der Waals surface area contributed by atoms with Gasteiger partial charge in [-0.25, -0.2) is 9.78 Å². The van der Waals surface area contributed by atoms with Gasteiger partial charge in [0.2, 0.25) is 0 Å². The third-order valence-corrected chi connectivity index (χ3v) is 2.79. The molecule has 1 heterocycles. The molecule has 102 valence electrons. The number of thiol groups is 1. The van der Waals surface area contributed by atoms with Gasteiger partial charge in [0.1, 0.15) is 5.84 Å². The molecule has 0 aliphatic heterocycles. The van der Waals surface area contributed by atoms with Gasteiger partial charge in [-0.3, -0.25) is 10.3 Å². The molecule has 0 aliphatic carbocycles. The maximum Gasteiger partial charge on any atom is 0.321 e. The number of carbonyl (C=O) groups excluding carboxylic acids is 1. The molecule has 0 bridgehead atoms. The Morgan fingerprint density at radius 3 is 2.67 bits per heavy atom. The van der Waals surface area contributed by atoms with Crippen molar-refractivity contribution in [3.05, 3.63) is 6.20 Å². The number of rotatable bonds is 3. The molecule has 1 aromatic rings. The van der Waals surface area contributed by atoms with Crippen LogP contribution in [0.2, 0.25) is 0 Å². The Morgan fingerprint density at radius 1 is 1.56 bits per heavy atom. The first-order valence-corrected chi connectivity index (χ1v) is 6.75. The summed E-state index contributed by atoms with van der Waals surface area (Å²) in [4.78, 5) is 19.3. The summed E-state index contributed by atoms with van der Waals surface area (Å²) in [6, 6.07) is -0.320. The first-order chi connectivity index (χ1) is 8.65. The second kappa shape index (κ2) is 9.72. The number of aliphatic imine (C=N–C) groups is 1. The van der Waals surface area contributed by atoms with Gasteiger partial charge in [0.05, 0.1) is 17.0 Å². The number of nitrogens with one attached hydrogen (secondary N) is 3. The predicted molar refractivity (Wildman–Crippen MR) is 80.2 cm³/mol. The number of nitrogens with zero attached hydrogens (tertiary/aromatic N) is 2. The number of urea groups is 1. The molecule has 0 spiro atoms. The minimum absolute atomic E-state index is 0.320. The van der Waals surface area contributed by atoms with E-state index in [-0.39, 0.29) is 6.03 Å². The minimum Gasteiger partial charge on any atom is -0.375 e. The summed E-state index contributed by atoms with van der Waals surface area (Å²) in [7, 11) is 3.40. The fourth-order valence-corrected chi connectivity index (χ4v) is 1.78. The van der Waals surface area contributed by atoms with E-state index in [9.17, 15) is 4.79 Å². The topological polar surface area (TPSA) is 78.4 Å². The first kappa shape index (κ1) is 16.7. The molecule has 18 heavy (non-hydrogen) atoms. The Balaban J connectivity index is 0.00000137. The van der Waals surface area contributed by atoms with Crippen molar-refractivity contribution in [1.29, 1.82) is 0 Å². The Kier molecular flexibility index (Phi) is 9.03. The quantitative estimate of drug-likeness (QED) is 0.389. The predicted octanol–water partition coefficient (Wildman–Crippen LogP) is 1.83. The van der Waals surface area contributed by atoms with Gasteiger partial charge < -0.3 is 10.6 Å². The molecule has 1 rings (SSSR count). The highest BCUT2D eigenvalue weighted by Crippen LogP contribution is 2.20. The molecule has 0 saturated carbocycles. The van der Waals surface area contributed by atoms with Crippen LogP contribution in [0, 0.1) is 0 Å². The second-order valence-electron chi connectivity index (χ2n) is 2.73. The lowest BCUT2D eigenvalue weighted by molar-refractivity contribution is 0.253. The van der Waals surface area contributed by atoms with Crippen LogP contribution < -0.4 is 16.0 Å². The summed E-state index contributed by atoms with van der Waals surface area (Å²) in [6.07, 6.45) is 1.58. The van der Waals surface area contributed by atoms with Crippen LogP contribution in [0.15, 0.2) is 15.4 Å². The zero-order valence-electron chi connectivity index (χ0n) is 10.9. The highest BCUT2D eigenvalue weighted by atomic mass is 32.2. The summed E-state index contributed by atoms with van der Waals surface area (Å²) in [6.45, 7) is 4.35. The SMILES string of the molecule is CC.CN=C(CNC(=O)Nc1ncc(S)s1)NC. The number of hydrogen-bond acceptors (Lipinski definition) is 5. The van der Waals surface area contributed by atoms with Crippen molar-refractivity contribution in [3.8, 4) is 0 Å². The van der Waals surface area contributed by atoms with E-state index in [1.807, 2.05) is 13.8 Å². The maximum absolute atomic E-state index is 11.4. The molecule has 2 amide bonds. The van der Waals surface area contributed by atoms with Crippen molar-refractivity contribution >= 4 is 41.0 Å². The van der Waals surface area contributed by atoms with Crippen molar-refractivity contribution < 1.29 is 4.79 Å². The molecule has 0 unspecified atom stereocenters. The van der Waals surface area contributed by atoms with E-state index < -0.39 is 0 Å². The molecule has 0 aliphatic rings. The Bertz CT molecular complexity index is 391. The van der Waals surface area contributed by atoms with Gasteiger partial charge in [-0.05, 0) is 0 Å². The van der Waals surface area contributed by atoms with E-state index in [0.29, 0.717) is 17.5 Å². The van der Waals surface area contributed by atoms with Gasteiger partial charge in [0, 0.05) is 14.1 Å². The highest BCUT2D eigenvalue weighted by Gasteiger charge is 2.05. The maximum atomic E-state index is 11.4. The van der Waals surface area contributed by atoms with Crippen LogP contribution in [0.4, 0.5) is 9.93 Å². The van der Waals surface area contributed by atoms with Gasteiger partial charge in [-0.1, -0.05) is 25.2 Å². The lowest BCUT2D eigenvalue weighted by Gasteiger charge is -2.06. The standard InChI is InChI=1S/C8H13N5OS2.C2H6/c1-9-5(10-2)3-11-7(14)13-8-12-4-6(15)16-8;1-2/h4,15H,3H2,1-2H3,(H,9,10)(H2,11,12,13,14);1-2H3. The lowest BCUT2D eigenvalue weighted by Crippen LogP contribution is -2.37. The lowest BCUT2D eigenvalue weighted by atomic mass is 10.5. The summed E-state index contributed by atoms with van der Waals surface area (Å²) >= 11 is 5.39. The van der Waals surface area contributed by atoms with Gasteiger partial charge in [-0.2, -0.15) is 0 Å². The molecule has 0 fully saturated rings. The Hall–Kier alpha value is -1.28. The van der Waals surface area contributed by atoms with Gasteiger partial charge in [0.25, 0.3) is 0 Å². The number of likely N-dealkylation sites (N-methyl/N-ethyl adjacent to an activating group) is 1. The van der Waals surface area contributed by atoms with Gasteiger partial charge in [0.15, 0.2) is 5.13 Å². The number of anilines is 1. The molecule has 0 aromatic carbocycles. The molecule has 0 atom stereocenters. The fourth-order valence-electron chi connectivity index (χ4n) is 0.908. The van der Waals surface area contributed by atoms with Crippen LogP contribution in [-0.4, -0.2) is 37.5 Å². The van der Waals surface area contributed by atoms with Crippen molar-refractivity contribution in [3.63, 3.8) is 0 Å². The molecular formula is C10H19N5OS2. The van der Waals surface area contributed by atoms with Crippen LogP contribution in [0.25, 0.3) is 0 Å². The summed E-state index contributed by atoms with van der Waals surface area (Å²) in [5.41, 5.74) is 0. The number of thiazole rings is 1. The second-order valence-corrected chi connectivity index (χ2v) is 4.55. The largest absolute Gasteiger partial charge is 0.375 e. The van der Waals surface area contributed by atoms with E-state index in [4.69, 9.17) is 0 Å². The summed E-state index contributed by atoms with van der Waals surface area (Å²) < 4.78 is 0.751. The third kappa shape index (κ3) is 6.45. The zero-order chi connectivity index (χ0) is 14.0. The minimum atomic E-state index is -0.320. The van der Waals surface area contributed by atoms with Crippen LogP contribution in [0.5, 0.6) is 0 Å². The van der Waals surface area contributed by atoms with Crippen molar-refractivity contribution in [2.45, 2.75) is 18.1 Å².